The van der Waals surface area contributed by atoms with Crippen LogP contribution in [0.15, 0.2) is 17.5 Å². The summed E-state index contributed by atoms with van der Waals surface area (Å²) in [5.41, 5.74) is 5.84. The first kappa shape index (κ1) is 10.7. The van der Waals surface area contributed by atoms with E-state index in [0.29, 0.717) is 6.04 Å². The van der Waals surface area contributed by atoms with Crippen molar-refractivity contribution in [2.45, 2.75) is 45.1 Å². The molecule has 13 heavy (non-hydrogen) atoms. The first-order valence-electron chi connectivity index (χ1n) is 5.11. The third-order valence-corrected chi connectivity index (χ3v) is 3.29. The second kappa shape index (κ2) is 6.17. The molecule has 2 N–H and O–H groups in total. The van der Waals surface area contributed by atoms with E-state index in [2.05, 4.69) is 24.4 Å². The number of aryl methyl sites for hydroxylation is 1. The zero-order chi connectivity index (χ0) is 9.52. The predicted molar refractivity (Wildman–Crippen MR) is 60.1 cm³/mol. The number of rotatable bonds is 6. The van der Waals surface area contributed by atoms with E-state index in [-0.39, 0.29) is 0 Å². The Balaban J connectivity index is 2.02. The molecule has 0 amide bonds. The number of hydrogen-bond acceptors (Lipinski definition) is 2. The second-order valence-corrected chi connectivity index (χ2v) is 4.53. The van der Waals surface area contributed by atoms with Gasteiger partial charge in [-0.15, -0.1) is 11.3 Å². The van der Waals surface area contributed by atoms with Gasteiger partial charge >= 0.3 is 0 Å². The average Bonchev–Trinajstić information content (AvgIpc) is 2.64. The smallest absolute Gasteiger partial charge is 0.00452 e. The zero-order valence-corrected chi connectivity index (χ0v) is 9.15. The molecule has 0 bridgehead atoms. The van der Waals surface area contributed by atoms with Crippen LogP contribution in [-0.4, -0.2) is 6.04 Å². The van der Waals surface area contributed by atoms with Gasteiger partial charge in [-0.2, -0.15) is 0 Å². The largest absolute Gasteiger partial charge is 0.328 e. The Labute approximate surface area is 85.0 Å². The molecule has 1 heterocycles. The summed E-state index contributed by atoms with van der Waals surface area (Å²) in [6, 6.07) is 4.76. The molecule has 0 saturated heterocycles. The van der Waals surface area contributed by atoms with Crippen LogP contribution in [0.4, 0.5) is 0 Å². The number of thiophene rings is 1. The Morgan fingerprint density at radius 2 is 2.31 bits per heavy atom. The highest BCUT2D eigenvalue weighted by Crippen LogP contribution is 2.13. The van der Waals surface area contributed by atoms with E-state index in [0.717, 1.165) is 6.42 Å². The second-order valence-electron chi connectivity index (χ2n) is 3.49. The van der Waals surface area contributed by atoms with Gasteiger partial charge in [-0.25, -0.2) is 0 Å². The van der Waals surface area contributed by atoms with Gasteiger partial charge in [-0.1, -0.05) is 19.4 Å². The number of hydrogen-bond donors (Lipinski definition) is 1. The van der Waals surface area contributed by atoms with E-state index in [1.165, 1.54) is 30.6 Å². The van der Waals surface area contributed by atoms with Crippen molar-refractivity contribution in [2.24, 2.45) is 5.73 Å². The maximum Gasteiger partial charge on any atom is 0.00452 e. The lowest BCUT2D eigenvalue weighted by atomic mass is 10.1. The lowest BCUT2D eigenvalue weighted by Crippen LogP contribution is -2.17. The molecule has 0 aromatic carbocycles. The summed E-state index contributed by atoms with van der Waals surface area (Å²) < 4.78 is 0. The summed E-state index contributed by atoms with van der Waals surface area (Å²) in [4.78, 5) is 1.50. The van der Waals surface area contributed by atoms with Crippen molar-refractivity contribution in [1.82, 2.24) is 0 Å². The Kier molecular flexibility index (Phi) is 5.09. The normalized spacial score (nSPS) is 13.1. The van der Waals surface area contributed by atoms with Crippen LogP contribution in [0.5, 0.6) is 0 Å². The van der Waals surface area contributed by atoms with Crippen LogP contribution >= 0.6 is 11.3 Å². The fourth-order valence-electron chi connectivity index (χ4n) is 1.36. The van der Waals surface area contributed by atoms with Gasteiger partial charge in [0.15, 0.2) is 0 Å². The fraction of sp³-hybridized carbons (Fsp3) is 0.636. The summed E-state index contributed by atoms with van der Waals surface area (Å²) in [6.45, 7) is 2.16. The van der Waals surface area contributed by atoms with Crippen molar-refractivity contribution in [2.75, 3.05) is 0 Å². The topological polar surface area (TPSA) is 26.0 Å². The zero-order valence-electron chi connectivity index (χ0n) is 8.33. The van der Waals surface area contributed by atoms with Crippen LogP contribution in [0.25, 0.3) is 0 Å². The van der Waals surface area contributed by atoms with E-state index in [1.54, 1.807) is 0 Å². The number of unbranched alkanes of at least 4 members (excludes halogenated alkanes) is 1. The summed E-state index contributed by atoms with van der Waals surface area (Å²) in [6.07, 6.45) is 6.08. The Morgan fingerprint density at radius 3 is 2.92 bits per heavy atom. The molecule has 1 nitrogen and oxygen atoms in total. The first-order valence-corrected chi connectivity index (χ1v) is 5.99. The SMILES string of the molecule is CCC(N)CCCCc1cccs1. The summed E-state index contributed by atoms with van der Waals surface area (Å²) in [7, 11) is 0. The molecule has 1 aromatic heterocycles. The third-order valence-electron chi connectivity index (χ3n) is 2.35. The van der Waals surface area contributed by atoms with Crippen LogP contribution in [0, 0.1) is 0 Å². The molecule has 1 aromatic rings. The van der Waals surface area contributed by atoms with Gasteiger partial charge in [-0.3, -0.25) is 0 Å². The molecule has 1 unspecified atom stereocenters. The maximum absolute atomic E-state index is 5.84. The van der Waals surface area contributed by atoms with E-state index in [9.17, 15) is 0 Å². The molecule has 0 radical (unpaired) electrons. The van der Waals surface area contributed by atoms with Crippen LogP contribution in [0.1, 0.15) is 37.5 Å². The summed E-state index contributed by atoms with van der Waals surface area (Å²) >= 11 is 1.86. The highest BCUT2D eigenvalue weighted by atomic mass is 32.1. The highest BCUT2D eigenvalue weighted by Gasteiger charge is 1.99. The number of nitrogens with two attached hydrogens (primary N) is 1. The molecule has 0 aliphatic heterocycles. The lowest BCUT2D eigenvalue weighted by Gasteiger charge is -2.06. The van der Waals surface area contributed by atoms with Crippen LogP contribution < -0.4 is 5.73 Å². The minimum Gasteiger partial charge on any atom is -0.328 e. The summed E-state index contributed by atoms with van der Waals surface area (Å²) in [5.74, 6) is 0. The van der Waals surface area contributed by atoms with Crippen LogP contribution in [0.2, 0.25) is 0 Å². The van der Waals surface area contributed by atoms with Crippen molar-refractivity contribution in [1.29, 1.82) is 0 Å². The van der Waals surface area contributed by atoms with E-state index in [1.807, 2.05) is 11.3 Å². The molecule has 1 rings (SSSR count). The molecule has 0 aliphatic rings. The molecule has 2 heteroatoms. The lowest BCUT2D eigenvalue weighted by molar-refractivity contribution is 0.552. The molecule has 1 atom stereocenters. The van der Waals surface area contributed by atoms with Gasteiger partial charge in [0.2, 0.25) is 0 Å². The molecule has 0 fully saturated rings. The van der Waals surface area contributed by atoms with Crippen molar-refractivity contribution >= 4 is 11.3 Å². The first-order chi connectivity index (χ1) is 6.33. The van der Waals surface area contributed by atoms with Crippen LogP contribution in [-0.2, 0) is 6.42 Å². The van der Waals surface area contributed by atoms with Gasteiger partial charge in [0.05, 0.1) is 0 Å². The van der Waals surface area contributed by atoms with Gasteiger partial charge < -0.3 is 5.73 Å². The van der Waals surface area contributed by atoms with Crippen molar-refractivity contribution in [3.05, 3.63) is 22.4 Å². The van der Waals surface area contributed by atoms with Crippen molar-refractivity contribution in [3.63, 3.8) is 0 Å². The van der Waals surface area contributed by atoms with Gasteiger partial charge in [-0.05, 0) is 37.1 Å². The van der Waals surface area contributed by atoms with Crippen molar-refractivity contribution < 1.29 is 0 Å². The average molecular weight is 197 g/mol. The van der Waals surface area contributed by atoms with Crippen molar-refractivity contribution in [3.8, 4) is 0 Å². The van der Waals surface area contributed by atoms with E-state index >= 15 is 0 Å². The third kappa shape index (κ3) is 4.44. The molecule has 0 saturated carbocycles. The fourth-order valence-corrected chi connectivity index (χ4v) is 2.12. The molecule has 0 aliphatic carbocycles. The maximum atomic E-state index is 5.84. The Bertz CT molecular complexity index is 206. The molecular formula is C11H19NS. The highest BCUT2D eigenvalue weighted by molar-refractivity contribution is 7.09. The minimum atomic E-state index is 0.420. The predicted octanol–water partition coefficient (Wildman–Crippen LogP) is 3.20. The Hall–Kier alpha value is -0.340. The summed E-state index contributed by atoms with van der Waals surface area (Å²) in [5, 5.41) is 2.15. The molecule has 74 valence electrons. The van der Waals surface area contributed by atoms with Gasteiger partial charge in [0, 0.05) is 10.9 Å². The van der Waals surface area contributed by atoms with E-state index < -0.39 is 0 Å². The van der Waals surface area contributed by atoms with Crippen LogP contribution in [0.3, 0.4) is 0 Å². The quantitative estimate of drug-likeness (QED) is 0.696. The standard InChI is InChI=1S/C11H19NS/c1-2-10(12)6-3-4-7-11-8-5-9-13-11/h5,8-10H,2-4,6-7,12H2,1H3. The molecule has 0 spiro atoms. The van der Waals surface area contributed by atoms with E-state index in [4.69, 9.17) is 5.73 Å². The monoisotopic (exact) mass is 197 g/mol. The Morgan fingerprint density at radius 1 is 1.46 bits per heavy atom. The molecular weight excluding hydrogens is 178 g/mol. The van der Waals surface area contributed by atoms with Gasteiger partial charge in [0.25, 0.3) is 0 Å². The van der Waals surface area contributed by atoms with Gasteiger partial charge in [0.1, 0.15) is 0 Å². The minimum absolute atomic E-state index is 0.420.